The standard InChI is InChI=1S/C14H22N2/c1-4-14(3)11-16(10-9-15-14)13-8-6-5-7-12(13)2/h5-8,15H,4,9-11H2,1-3H3. The zero-order chi connectivity index (χ0) is 11.6. The highest BCUT2D eigenvalue weighted by Gasteiger charge is 2.29. The molecule has 1 aliphatic rings. The third kappa shape index (κ3) is 2.22. The zero-order valence-electron chi connectivity index (χ0n) is 10.6. The molecule has 1 aromatic rings. The Balaban J connectivity index is 2.19. The van der Waals surface area contributed by atoms with E-state index >= 15 is 0 Å². The molecule has 0 amide bonds. The summed E-state index contributed by atoms with van der Waals surface area (Å²) in [5.74, 6) is 0. The summed E-state index contributed by atoms with van der Waals surface area (Å²) in [5, 5.41) is 3.62. The van der Waals surface area contributed by atoms with E-state index in [0.717, 1.165) is 19.6 Å². The molecule has 0 saturated carbocycles. The lowest BCUT2D eigenvalue weighted by Gasteiger charge is -2.42. The number of nitrogens with zero attached hydrogens (tertiary/aromatic N) is 1. The Hall–Kier alpha value is -1.02. The Kier molecular flexibility index (Phi) is 3.20. The van der Waals surface area contributed by atoms with E-state index in [1.807, 2.05) is 0 Å². The monoisotopic (exact) mass is 218 g/mol. The van der Waals surface area contributed by atoms with Crippen molar-refractivity contribution in [1.82, 2.24) is 5.32 Å². The second-order valence-electron chi connectivity index (χ2n) is 5.05. The fourth-order valence-electron chi connectivity index (χ4n) is 2.41. The fourth-order valence-corrected chi connectivity index (χ4v) is 2.41. The first-order chi connectivity index (χ1) is 7.64. The summed E-state index contributed by atoms with van der Waals surface area (Å²) >= 11 is 0. The maximum atomic E-state index is 3.62. The number of anilines is 1. The van der Waals surface area contributed by atoms with Crippen LogP contribution >= 0.6 is 0 Å². The molecule has 16 heavy (non-hydrogen) atoms. The molecule has 2 heteroatoms. The number of nitrogens with one attached hydrogen (secondary N) is 1. The van der Waals surface area contributed by atoms with E-state index in [4.69, 9.17) is 0 Å². The van der Waals surface area contributed by atoms with Gasteiger partial charge in [0.1, 0.15) is 0 Å². The van der Waals surface area contributed by atoms with E-state index in [9.17, 15) is 0 Å². The number of hydrogen-bond acceptors (Lipinski definition) is 2. The molecule has 1 N–H and O–H groups in total. The highest BCUT2D eigenvalue weighted by atomic mass is 15.2. The van der Waals surface area contributed by atoms with Crippen molar-refractivity contribution in [2.75, 3.05) is 24.5 Å². The first-order valence-corrected chi connectivity index (χ1v) is 6.20. The average molecular weight is 218 g/mol. The van der Waals surface area contributed by atoms with E-state index in [2.05, 4.69) is 55.3 Å². The summed E-state index contributed by atoms with van der Waals surface area (Å²) in [5.41, 5.74) is 3.03. The summed E-state index contributed by atoms with van der Waals surface area (Å²) in [6.07, 6.45) is 1.18. The van der Waals surface area contributed by atoms with Crippen LogP contribution in [0.15, 0.2) is 24.3 Å². The molecule has 0 radical (unpaired) electrons. The largest absolute Gasteiger partial charge is 0.368 e. The van der Waals surface area contributed by atoms with Crippen LogP contribution in [0.1, 0.15) is 25.8 Å². The van der Waals surface area contributed by atoms with Crippen molar-refractivity contribution < 1.29 is 0 Å². The molecule has 1 saturated heterocycles. The van der Waals surface area contributed by atoms with Gasteiger partial charge in [-0.05, 0) is 31.9 Å². The molecule has 1 heterocycles. The lowest BCUT2D eigenvalue weighted by Crippen LogP contribution is -2.58. The van der Waals surface area contributed by atoms with E-state index in [1.165, 1.54) is 17.7 Å². The van der Waals surface area contributed by atoms with Gasteiger partial charge >= 0.3 is 0 Å². The molecule has 2 nitrogen and oxygen atoms in total. The van der Waals surface area contributed by atoms with Crippen LogP contribution in [0, 0.1) is 6.92 Å². The summed E-state index contributed by atoms with van der Waals surface area (Å²) in [6, 6.07) is 8.67. The molecular weight excluding hydrogens is 196 g/mol. The lowest BCUT2D eigenvalue weighted by atomic mass is 9.95. The number of benzene rings is 1. The van der Waals surface area contributed by atoms with E-state index < -0.39 is 0 Å². The Morgan fingerprint density at radius 1 is 1.38 bits per heavy atom. The fraction of sp³-hybridized carbons (Fsp3) is 0.571. The second-order valence-corrected chi connectivity index (χ2v) is 5.05. The van der Waals surface area contributed by atoms with Crippen LogP contribution in [-0.2, 0) is 0 Å². The second kappa shape index (κ2) is 4.46. The third-order valence-electron chi connectivity index (χ3n) is 3.71. The Labute approximate surface area is 98.7 Å². The molecule has 1 unspecified atom stereocenters. The molecule has 88 valence electrons. The van der Waals surface area contributed by atoms with Crippen LogP contribution in [0.25, 0.3) is 0 Å². The maximum absolute atomic E-state index is 3.62. The Morgan fingerprint density at radius 3 is 2.81 bits per heavy atom. The van der Waals surface area contributed by atoms with Crippen molar-refractivity contribution in [3.8, 4) is 0 Å². The van der Waals surface area contributed by atoms with Gasteiger partial charge in [0.05, 0.1) is 0 Å². The van der Waals surface area contributed by atoms with Gasteiger partial charge in [0.25, 0.3) is 0 Å². The number of rotatable bonds is 2. The molecule has 1 aliphatic heterocycles. The molecule has 0 spiro atoms. The predicted octanol–water partition coefficient (Wildman–Crippen LogP) is 2.57. The van der Waals surface area contributed by atoms with Gasteiger partial charge in [0, 0.05) is 30.9 Å². The van der Waals surface area contributed by atoms with Crippen LogP contribution in [0.2, 0.25) is 0 Å². The number of aryl methyl sites for hydroxylation is 1. The van der Waals surface area contributed by atoms with Gasteiger partial charge in [0.2, 0.25) is 0 Å². The summed E-state index contributed by atoms with van der Waals surface area (Å²) in [6.45, 7) is 10.1. The van der Waals surface area contributed by atoms with Gasteiger partial charge < -0.3 is 10.2 Å². The summed E-state index contributed by atoms with van der Waals surface area (Å²) < 4.78 is 0. The van der Waals surface area contributed by atoms with Crippen molar-refractivity contribution in [3.05, 3.63) is 29.8 Å². The lowest BCUT2D eigenvalue weighted by molar-refractivity contribution is 0.314. The highest BCUT2D eigenvalue weighted by Crippen LogP contribution is 2.24. The van der Waals surface area contributed by atoms with Crippen LogP contribution in [0.4, 0.5) is 5.69 Å². The Bertz CT molecular complexity index is 362. The minimum Gasteiger partial charge on any atom is -0.368 e. The minimum absolute atomic E-state index is 0.264. The predicted molar refractivity (Wildman–Crippen MR) is 70.1 cm³/mol. The van der Waals surface area contributed by atoms with Crippen LogP contribution in [0.5, 0.6) is 0 Å². The van der Waals surface area contributed by atoms with Gasteiger partial charge in [0.15, 0.2) is 0 Å². The molecule has 1 fully saturated rings. The van der Waals surface area contributed by atoms with Crippen molar-refractivity contribution in [2.45, 2.75) is 32.7 Å². The van der Waals surface area contributed by atoms with Crippen LogP contribution < -0.4 is 10.2 Å². The molecule has 0 aliphatic carbocycles. The van der Waals surface area contributed by atoms with E-state index in [0.29, 0.717) is 0 Å². The molecular formula is C14H22N2. The third-order valence-corrected chi connectivity index (χ3v) is 3.71. The highest BCUT2D eigenvalue weighted by molar-refractivity contribution is 5.53. The van der Waals surface area contributed by atoms with Gasteiger partial charge in [-0.3, -0.25) is 0 Å². The SMILES string of the molecule is CCC1(C)CN(c2ccccc2C)CCN1. The number of hydrogen-bond donors (Lipinski definition) is 1. The van der Waals surface area contributed by atoms with Gasteiger partial charge in [-0.2, -0.15) is 0 Å². The smallest absolute Gasteiger partial charge is 0.0396 e. The normalized spacial score (nSPS) is 25.8. The number of para-hydroxylation sites is 1. The first kappa shape index (κ1) is 11.5. The minimum atomic E-state index is 0.264. The van der Waals surface area contributed by atoms with Crippen molar-refractivity contribution in [1.29, 1.82) is 0 Å². The quantitative estimate of drug-likeness (QED) is 0.820. The van der Waals surface area contributed by atoms with Gasteiger partial charge in [-0.25, -0.2) is 0 Å². The van der Waals surface area contributed by atoms with Gasteiger partial charge in [-0.15, -0.1) is 0 Å². The van der Waals surface area contributed by atoms with Crippen LogP contribution in [-0.4, -0.2) is 25.2 Å². The van der Waals surface area contributed by atoms with Crippen molar-refractivity contribution in [3.63, 3.8) is 0 Å². The van der Waals surface area contributed by atoms with E-state index in [-0.39, 0.29) is 5.54 Å². The molecule has 1 aromatic carbocycles. The van der Waals surface area contributed by atoms with Crippen LogP contribution in [0.3, 0.4) is 0 Å². The molecule has 2 rings (SSSR count). The summed E-state index contributed by atoms with van der Waals surface area (Å²) in [4.78, 5) is 2.51. The van der Waals surface area contributed by atoms with Crippen molar-refractivity contribution >= 4 is 5.69 Å². The number of piperazine rings is 1. The molecule has 0 aromatic heterocycles. The zero-order valence-corrected chi connectivity index (χ0v) is 10.6. The van der Waals surface area contributed by atoms with Gasteiger partial charge in [-0.1, -0.05) is 25.1 Å². The average Bonchev–Trinajstić information content (AvgIpc) is 2.30. The summed E-state index contributed by atoms with van der Waals surface area (Å²) in [7, 11) is 0. The van der Waals surface area contributed by atoms with E-state index in [1.54, 1.807) is 0 Å². The molecule has 1 atom stereocenters. The maximum Gasteiger partial charge on any atom is 0.0396 e. The molecule has 0 bridgehead atoms. The Morgan fingerprint density at radius 2 is 2.12 bits per heavy atom. The first-order valence-electron chi connectivity index (χ1n) is 6.20. The topological polar surface area (TPSA) is 15.3 Å². The van der Waals surface area contributed by atoms with Crippen molar-refractivity contribution in [2.24, 2.45) is 0 Å².